The molecular weight excluding hydrogens is 412 g/mol. The maximum atomic E-state index is 11.4. The summed E-state index contributed by atoms with van der Waals surface area (Å²) in [4.78, 5) is 0. The summed E-state index contributed by atoms with van der Waals surface area (Å²) >= 11 is 0. The molecule has 0 aromatic heterocycles. The van der Waals surface area contributed by atoms with E-state index < -0.39 is 62.6 Å². The summed E-state index contributed by atoms with van der Waals surface area (Å²) in [7, 11) is 0.697. The molecule has 3 fully saturated rings. The molecular formula is C20H38O9Si. The molecule has 2 bridgehead atoms. The molecule has 1 aliphatic carbocycles. The van der Waals surface area contributed by atoms with E-state index in [-0.39, 0.29) is 11.8 Å². The highest BCUT2D eigenvalue weighted by atomic mass is 28.4. The molecule has 0 unspecified atom stereocenters. The van der Waals surface area contributed by atoms with E-state index in [1.165, 1.54) is 14.2 Å². The Labute approximate surface area is 180 Å². The Kier molecular flexibility index (Phi) is 6.30. The highest BCUT2D eigenvalue weighted by molar-refractivity contribution is 6.74. The molecule has 2 heterocycles. The van der Waals surface area contributed by atoms with Gasteiger partial charge in [-0.25, -0.2) is 0 Å². The van der Waals surface area contributed by atoms with Crippen molar-refractivity contribution in [2.45, 2.75) is 100 Å². The van der Waals surface area contributed by atoms with Gasteiger partial charge in [0.05, 0.1) is 6.61 Å². The lowest BCUT2D eigenvalue weighted by atomic mass is 9.73. The van der Waals surface area contributed by atoms with E-state index in [1.54, 1.807) is 13.8 Å². The van der Waals surface area contributed by atoms with E-state index in [2.05, 4.69) is 33.9 Å². The second-order valence-corrected chi connectivity index (χ2v) is 15.0. The number of methoxy groups -OCH3 is 2. The summed E-state index contributed by atoms with van der Waals surface area (Å²) in [6, 6.07) is 0. The lowest BCUT2D eigenvalue weighted by Gasteiger charge is -2.63. The Hall–Kier alpha value is -0.143. The van der Waals surface area contributed by atoms with Gasteiger partial charge in [-0.2, -0.15) is 0 Å². The van der Waals surface area contributed by atoms with Gasteiger partial charge in [0, 0.05) is 14.2 Å². The minimum Gasteiger partial charge on any atom is -0.408 e. The van der Waals surface area contributed by atoms with Gasteiger partial charge in [0.2, 0.25) is 11.6 Å². The predicted octanol–water partition coefficient (Wildman–Crippen LogP) is 1.36. The highest BCUT2D eigenvalue weighted by Gasteiger charge is 2.70. The Bertz CT molecular complexity index is 640. The minimum absolute atomic E-state index is 0.0488. The molecule has 2 aliphatic heterocycles. The molecule has 2 N–H and O–H groups in total. The first-order valence-electron chi connectivity index (χ1n) is 10.4. The first kappa shape index (κ1) is 24.5. The van der Waals surface area contributed by atoms with Crippen molar-refractivity contribution in [3.8, 4) is 0 Å². The van der Waals surface area contributed by atoms with E-state index in [0.29, 0.717) is 0 Å². The first-order valence-corrected chi connectivity index (χ1v) is 13.3. The molecule has 176 valence electrons. The third-order valence-electron chi connectivity index (χ3n) is 7.54. The van der Waals surface area contributed by atoms with E-state index in [9.17, 15) is 10.2 Å². The van der Waals surface area contributed by atoms with Crippen LogP contribution in [-0.4, -0.2) is 93.8 Å². The molecule has 2 saturated heterocycles. The van der Waals surface area contributed by atoms with Crippen molar-refractivity contribution >= 4 is 8.32 Å². The molecule has 0 spiro atoms. The van der Waals surface area contributed by atoms with Gasteiger partial charge >= 0.3 is 0 Å². The van der Waals surface area contributed by atoms with E-state index in [1.807, 2.05) is 0 Å². The van der Waals surface area contributed by atoms with Gasteiger partial charge in [0.15, 0.2) is 8.32 Å². The fourth-order valence-electron chi connectivity index (χ4n) is 4.22. The lowest BCUT2D eigenvalue weighted by molar-refractivity contribution is -0.487. The Morgan fingerprint density at radius 1 is 0.967 bits per heavy atom. The number of ether oxygens (including phenoxy) is 6. The molecule has 10 heteroatoms. The fourth-order valence-corrected chi connectivity index (χ4v) is 5.51. The number of hydrogen-bond donors (Lipinski definition) is 2. The molecule has 3 rings (SSSR count). The van der Waals surface area contributed by atoms with E-state index in [4.69, 9.17) is 32.8 Å². The van der Waals surface area contributed by atoms with E-state index >= 15 is 0 Å². The summed E-state index contributed by atoms with van der Waals surface area (Å²) in [5.74, 6) is -2.53. The molecule has 30 heavy (non-hydrogen) atoms. The lowest BCUT2D eigenvalue weighted by Crippen LogP contribution is -2.82. The third kappa shape index (κ3) is 3.49. The Morgan fingerprint density at radius 3 is 1.93 bits per heavy atom. The van der Waals surface area contributed by atoms with Crippen LogP contribution in [0, 0.1) is 0 Å². The molecule has 0 aromatic carbocycles. The fraction of sp³-hybridized carbons (Fsp3) is 1.00. The zero-order valence-corrected chi connectivity index (χ0v) is 20.6. The maximum Gasteiger partial charge on any atom is 0.220 e. The molecule has 0 aromatic rings. The molecule has 0 radical (unpaired) electrons. The topological polar surface area (TPSA) is 105 Å². The van der Waals surface area contributed by atoms with E-state index in [0.717, 1.165) is 0 Å². The summed E-state index contributed by atoms with van der Waals surface area (Å²) in [5.41, 5.74) is -1.72. The average Bonchev–Trinajstić information content (AvgIpc) is 2.66. The van der Waals surface area contributed by atoms with Crippen LogP contribution >= 0.6 is 0 Å². The zero-order chi connectivity index (χ0) is 22.8. The van der Waals surface area contributed by atoms with Crippen LogP contribution in [0.15, 0.2) is 0 Å². The van der Waals surface area contributed by atoms with Crippen LogP contribution in [0.5, 0.6) is 0 Å². The number of hydrogen-bond acceptors (Lipinski definition) is 9. The van der Waals surface area contributed by atoms with Crippen molar-refractivity contribution in [3.05, 3.63) is 0 Å². The van der Waals surface area contributed by atoms with Gasteiger partial charge in [-0.1, -0.05) is 20.8 Å². The average molecular weight is 451 g/mol. The number of fused-ring (bicyclic) bond motifs is 4. The van der Waals surface area contributed by atoms with Crippen LogP contribution < -0.4 is 0 Å². The summed E-state index contributed by atoms with van der Waals surface area (Å²) in [6.07, 6.45) is -3.89. The number of aliphatic hydroxyl groups is 2. The van der Waals surface area contributed by atoms with Crippen LogP contribution in [0.4, 0.5) is 0 Å². The quantitative estimate of drug-likeness (QED) is 0.601. The molecule has 1 saturated carbocycles. The van der Waals surface area contributed by atoms with Crippen LogP contribution in [0.2, 0.25) is 18.1 Å². The normalized spacial score (nSPS) is 47.1. The van der Waals surface area contributed by atoms with Gasteiger partial charge < -0.3 is 43.1 Å². The number of aliphatic hydroxyl groups excluding tert-OH is 1. The zero-order valence-electron chi connectivity index (χ0n) is 19.6. The second kappa shape index (κ2) is 7.72. The second-order valence-electron chi connectivity index (χ2n) is 10.2. The van der Waals surface area contributed by atoms with Crippen molar-refractivity contribution in [2.75, 3.05) is 27.6 Å². The summed E-state index contributed by atoms with van der Waals surface area (Å²) < 4.78 is 42.4. The standard InChI is InChI=1S/C20H38O9Si/c1-17(2,3)30(8,9)29-14-12-13(15-20(22,10-21)16(14)26-11-25-15)28-19(5,24-7)18(4,23-6)27-12/h12-16,21-22H,10-11H2,1-9H3/t12-,13-,14+,15-,16+,18-,19-,20+/m0/s1. The monoisotopic (exact) mass is 450 g/mol. The van der Waals surface area contributed by atoms with Gasteiger partial charge in [-0.05, 0) is 32.0 Å². The summed E-state index contributed by atoms with van der Waals surface area (Å²) in [5, 5.41) is 21.5. The van der Waals surface area contributed by atoms with Crippen molar-refractivity contribution < 1.29 is 43.1 Å². The first-order chi connectivity index (χ1) is 13.7. The van der Waals surface area contributed by atoms with Gasteiger partial charge in [-0.15, -0.1) is 0 Å². The smallest absolute Gasteiger partial charge is 0.220 e. The van der Waals surface area contributed by atoms with Crippen molar-refractivity contribution in [2.24, 2.45) is 0 Å². The Morgan fingerprint density at radius 2 is 1.47 bits per heavy atom. The minimum atomic E-state index is -2.32. The van der Waals surface area contributed by atoms with Crippen LogP contribution in [0.1, 0.15) is 34.6 Å². The van der Waals surface area contributed by atoms with Crippen molar-refractivity contribution in [1.29, 1.82) is 0 Å². The Balaban J connectivity index is 2.08. The molecule has 9 nitrogen and oxygen atoms in total. The van der Waals surface area contributed by atoms with Crippen LogP contribution in [0.25, 0.3) is 0 Å². The third-order valence-corrected chi connectivity index (χ3v) is 12.0. The molecule has 3 aliphatic rings. The largest absolute Gasteiger partial charge is 0.408 e. The van der Waals surface area contributed by atoms with Crippen molar-refractivity contribution in [1.82, 2.24) is 0 Å². The van der Waals surface area contributed by atoms with Gasteiger partial charge in [0.1, 0.15) is 42.9 Å². The van der Waals surface area contributed by atoms with Crippen LogP contribution in [-0.2, 0) is 32.8 Å². The number of rotatable bonds is 5. The van der Waals surface area contributed by atoms with Crippen molar-refractivity contribution in [3.63, 3.8) is 0 Å². The highest BCUT2D eigenvalue weighted by Crippen LogP contribution is 2.50. The molecule has 0 amide bonds. The maximum absolute atomic E-state index is 11.4. The van der Waals surface area contributed by atoms with Crippen LogP contribution in [0.3, 0.4) is 0 Å². The molecule has 8 atom stereocenters. The van der Waals surface area contributed by atoms with Gasteiger partial charge in [-0.3, -0.25) is 0 Å². The SMILES string of the molecule is CO[C@@]1(C)O[C@@H]2[C@@H](O[Si](C)(C)C(C)(C)C)[C@H]3OCO[C@@H]([C@H]2O[C@]1(C)OC)[C@]3(O)CO. The summed E-state index contributed by atoms with van der Waals surface area (Å²) in [6.45, 7) is 13.4. The van der Waals surface area contributed by atoms with Gasteiger partial charge in [0.25, 0.3) is 0 Å². The predicted molar refractivity (Wildman–Crippen MR) is 109 cm³/mol.